The van der Waals surface area contributed by atoms with Crippen LogP contribution in [0.1, 0.15) is 58.3 Å². The number of carbonyl (C=O) groups excluding carboxylic acids is 2. The summed E-state index contributed by atoms with van der Waals surface area (Å²) in [6.07, 6.45) is 8.25. The van der Waals surface area contributed by atoms with Crippen LogP contribution in [0.3, 0.4) is 0 Å². The van der Waals surface area contributed by atoms with Crippen LogP contribution < -0.4 is 0 Å². The zero-order chi connectivity index (χ0) is 14.8. The van der Waals surface area contributed by atoms with Gasteiger partial charge in [0.15, 0.2) is 5.78 Å². The number of Topliss-reactive ketones (excluding diaryl/α,β-unsaturated/α-hetero) is 1. The number of hydrogen-bond donors (Lipinski definition) is 1. The Morgan fingerprint density at radius 3 is 2.67 bits per heavy atom. The van der Waals surface area contributed by atoms with E-state index in [0.717, 1.165) is 44.1 Å². The Hall–Kier alpha value is -0.960. The summed E-state index contributed by atoms with van der Waals surface area (Å²) >= 11 is 0. The van der Waals surface area contributed by atoms with Gasteiger partial charge in [-0.25, -0.2) is 0 Å². The molecular formula is C18H24O3. The fourth-order valence-electron chi connectivity index (χ4n) is 5.95. The predicted molar refractivity (Wildman–Crippen MR) is 78.6 cm³/mol. The van der Waals surface area contributed by atoms with Crippen molar-refractivity contribution < 1.29 is 14.7 Å². The van der Waals surface area contributed by atoms with E-state index in [2.05, 4.69) is 6.92 Å². The number of aliphatic hydroxyl groups is 1. The molecule has 0 spiro atoms. The molecule has 3 nitrogen and oxygen atoms in total. The molecule has 0 saturated heterocycles. The molecule has 21 heavy (non-hydrogen) atoms. The van der Waals surface area contributed by atoms with Gasteiger partial charge in [-0.1, -0.05) is 6.92 Å². The molecule has 0 aromatic heterocycles. The molecule has 114 valence electrons. The lowest BCUT2D eigenvalue weighted by Gasteiger charge is -2.55. The summed E-state index contributed by atoms with van der Waals surface area (Å²) in [6, 6.07) is 0. The first-order valence-electron chi connectivity index (χ1n) is 8.45. The molecule has 0 amide bonds. The molecule has 3 fully saturated rings. The second-order valence-electron chi connectivity index (χ2n) is 7.89. The second kappa shape index (κ2) is 4.28. The summed E-state index contributed by atoms with van der Waals surface area (Å²) in [5, 5.41) is 11.3. The Kier molecular flexibility index (Phi) is 2.79. The lowest BCUT2D eigenvalue weighted by Crippen LogP contribution is -2.55. The number of rotatable bonds is 0. The minimum Gasteiger partial charge on any atom is -0.385 e. The third kappa shape index (κ3) is 1.70. The van der Waals surface area contributed by atoms with Crippen molar-refractivity contribution in [2.24, 2.45) is 23.2 Å². The smallest absolute Gasteiger partial charge is 0.155 e. The van der Waals surface area contributed by atoms with E-state index < -0.39 is 5.60 Å². The number of carbonyl (C=O) groups is 2. The fourth-order valence-corrected chi connectivity index (χ4v) is 5.95. The molecule has 4 aliphatic rings. The lowest BCUT2D eigenvalue weighted by atomic mass is 9.51. The van der Waals surface area contributed by atoms with E-state index >= 15 is 0 Å². The normalized spacial score (nSPS) is 49.2. The molecule has 3 heteroatoms. The van der Waals surface area contributed by atoms with Crippen LogP contribution in [0.25, 0.3) is 0 Å². The van der Waals surface area contributed by atoms with Gasteiger partial charge in [-0.15, -0.1) is 0 Å². The van der Waals surface area contributed by atoms with Crippen LogP contribution in [-0.2, 0) is 9.59 Å². The van der Waals surface area contributed by atoms with Crippen molar-refractivity contribution >= 4 is 11.6 Å². The van der Waals surface area contributed by atoms with Gasteiger partial charge in [0.25, 0.3) is 0 Å². The maximum Gasteiger partial charge on any atom is 0.155 e. The molecule has 0 aromatic carbocycles. The van der Waals surface area contributed by atoms with Crippen LogP contribution >= 0.6 is 0 Å². The summed E-state index contributed by atoms with van der Waals surface area (Å²) in [5.41, 5.74) is 0.0838. The Morgan fingerprint density at radius 1 is 1.05 bits per heavy atom. The molecular weight excluding hydrogens is 264 g/mol. The molecule has 0 bridgehead atoms. The van der Waals surface area contributed by atoms with Gasteiger partial charge in [-0.05, 0) is 67.9 Å². The average Bonchev–Trinajstić information content (AvgIpc) is 2.76. The fraction of sp³-hybridized carbons (Fsp3) is 0.778. The summed E-state index contributed by atoms with van der Waals surface area (Å²) in [5.74, 6) is 1.79. The highest BCUT2D eigenvalue weighted by Gasteiger charge is 2.59. The molecule has 4 rings (SSSR count). The van der Waals surface area contributed by atoms with Gasteiger partial charge >= 0.3 is 0 Å². The first-order valence-corrected chi connectivity index (χ1v) is 8.45. The summed E-state index contributed by atoms with van der Waals surface area (Å²) < 4.78 is 0. The first-order chi connectivity index (χ1) is 9.95. The lowest BCUT2D eigenvalue weighted by molar-refractivity contribution is -0.138. The molecule has 0 heterocycles. The van der Waals surface area contributed by atoms with Gasteiger partial charge < -0.3 is 5.11 Å². The molecule has 4 aliphatic carbocycles. The number of fused-ring (bicyclic) bond motifs is 5. The maximum absolute atomic E-state index is 12.3. The van der Waals surface area contributed by atoms with Crippen molar-refractivity contribution in [3.8, 4) is 0 Å². The SMILES string of the molecule is C[C@]12CC[C@H]3[C@@H](CCC4=CC(=O)CCC43O)[C@@H]1CCC2=O. The monoisotopic (exact) mass is 288 g/mol. The Balaban J connectivity index is 1.70. The van der Waals surface area contributed by atoms with Crippen molar-refractivity contribution in [3.63, 3.8) is 0 Å². The third-order valence-electron chi connectivity index (χ3n) is 7.15. The largest absolute Gasteiger partial charge is 0.385 e. The molecule has 3 saturated carbocycles. The van der Waals surface area contributed by atoms with Gasteiger partial charge in [-0.3, -0.25) is 9.59 Å². The molecule has 1 N–H and O–H groups in total. The zero-order valence-electron chi connectivity index (χ0n) is 12.7. The molecule has 1 unspecified atom stereocenters. The minimum atomic E-state index is -0.760. The Labute approximate surface area is 125 Å². The molecule has 5 atom stereocenters. The zero-order valence-corrected chi connectivity index (χ0v) is 12.7. The van der Waals surface area contributed by atoms with E-state index in [0.29, 0.717) is 30.5 Å². The molecule has 0 radical (unpaired) electrons. The number of hydrogen-bond acceptors (Lipinski definition) is 3. The van der Waals surface area contributed by atoms with Crippen molar-refractivity contribution in [1.29, 1.82) is 0 Å². The Morgan fingerprint density at radius 2 is 1.86 bits per heavy atom. The van der Waals surface area contributed by atoms with Crippen LogP contribution in [0, 0.1) is 23.2 Å². The highest BCUT2D eigenvalue weighted by Crippen LogP contribution is 2.61. The van der Waals surface area contributed by atoms with E-state index in [-0.39, 0.29) is 17.1 Å². The average molecular weight is 288 g/mol. The standard InChI is InChI=1S/C18H24O3/c1-17-8-7-15-13(14(17)4-5-16(17)20)3-2-11-10-12(19)6-9-18(11,15)21/h10,13-15,21H,2-9H2,1H3/t13-,14-,15-,17-,18?/m0/s1. The van der Waals surface area contributed by atoms with E-state index in [9.17, 15) is 14.7 Å². The third-order valence-corrected chi connectivity index (χ3v) is 7.15. The van der Waals surface area contributed by atoms with Gasteiger partial charge in [-0.2, -0.15) is 0 Å². The van der Waals surface area contributed by atoms with Gasteiger partial charge in [0.1, 0.15) is 5.78 Å². The Bertz CT molecular complexity index is 549. The molecule has 0 aliphatic heterocycles. The van der Waals surface area contributed by atoms with Crippen molar-refractivity contribution in [2.45, 2.75) is 63.9 Å². The first kappa shape index (κ1) is 13.7. The van der Waals surface area contributed by atoms with Crippen LogP contribution in [0.4, 0.5) is 0 Å². The van der Waals surface area contributed by atoms with Crippen LogP contribution in [0.2, 0.25) is 0 Å². The van der Waals surface area contributed by atoms with Gasteiger partial charge in [0, 0.05) is 18.3 Å². The predicted octanol–water partition coefficient (Wildman–Crippen LogP) is 2.81. The van der Waals surface area contributed by atoms with Gasteiger partial charge in [0.05, 0.1) is 5.60 Å². The highest BCUT2D eigenvalue weighted by atomic mass is 16.3. The topological polar surface area (TPSA) is 54.4 Å². The van der Waals surface area contributed by atoms with Crippen molar-refractivity contribution in [2.75, 3.05) is 0 Å². The molecule has 0 aromatic rings. The van der Waals surface area contributed by atoms with E-state index in [1.54, 1.807) is 6.08 Å². The quantitative estimate of drug-likeness (QED) is 0.745. The maximum atomic E-state index is 12.3. The van der Waals surface area contributed by atoms with E-state index in [1.807, 2.05) is 0 Å². The van der Waals surface area contributed by atoms with Crippen molar-refractivity contribution in [1.82, 2.24) is 0 Å². The van der Waals surface area contributed by atoms with E-state index in [4.69, 9.17) is 0 Å². The van der Waals surface area contributed by atoms with Crippen molar-refractivity contribution in [3.05, 3.63) is 11.6 Å². The van der Waals surface area contributed by atoms with Gasteiger partial charge in [0.2, 0.25) is 0 Å². The van der Waals surface area contributed by atoms with Crippen LogP contribution in [0.5, 0.6) is 0 Å². The minimum absolute atomic E-state index is 0.136. The van der Waals surface area contributed by atoms with E-state index in [1.165, 1.54) is 0 Å². The summed E-state index contributed by atoms with van der Waals surface area (Å²) in [4.78, 5) is 24.0. The number of ketones is 2. The highest BCUT2D eigenvalue weighted by molar-refractivity contribution is 5.92. The second-order valence-corrected chi connectivity index (χ2v) is 7.89. The summed E-state index contributed by atoms with van der Waals surface area (Å²) in [7, 11) is 0. The van der Waals surface area contributed by atoms with Crippen LogP contribution in [-0.4, -0.2) is 22.3 Å². The van der Waals surface area contributed by atoms with Crippen LogP contribution in [0.15, 0.2) is 11.6 Å². The summed E-state index contributed by atoms with van der Waals surface area (Å²) in [6.45, 7) is 2.16.